The Labute approximate surface area is 162 Å². The van der Waals surface area contributed by atoms with Crippen molar-refractivity contribution in [3.8, 4) is 11.5 Å². The highest BCUT2D eigenvalue weighted by atomic mass is 16.5. The predicted octanol–water partition coefficient (Wildman–Crippen LogP) is 3.11. The molecule has 0 amide bonds. The molecule has 0 N–H and O–H groups in total. The van der Waals surface area contributed by atoms with Gasteiger partial charge in [0.15, 0.2) is 0 Å². The van der Waals surface area contributed by atoms with Crippen LogP contribution in [0.5, 0.6) is 11.5 Å². The fraction of sp³-hybridized carbons (Fsp3) is 0.333. The van der Waals surface area contributed by atoms with Crippen molar-refractivity contribution >= 4 is 17.0 Å². The molecular weight excluding hydrogens is 360 g/mol. The molecule has 7 heteroatoms. The molecule has 2 aromatic carbocycles. The lowest BCUT2D eigenvalue weighted by atomic mass is 10.2. The van der Waals surface area contributed by atoms with Crippen molar-refractivity contribution in [1.29, 1.82) is 0 Å². The number of aromatic nitrogens is 2. The number of hydrogen-bond donors (Lipinski definition) is 0. The molecule has 0 radical (unpaired) electrons. The van der Waals surface area contributed by atoms with Crippen LogP contribution in [0, 0.1) is 0 Å². The third-order valence-electron chi connectivity index (χ3n) is 4.76. The SMILES string of the molecule is COC(=O)c1cccc(OCc2nc3ccc(OC4CCOC4)cc3n2C)c1. The first-order valence-electron chi connectivity index (χ1n) is 9.15. The van der Waals surface area contributed by atoms with Gasteiger partial charge in [-0.05, 0) is 30.3 Å². The van der Waals surface area contributed by atoms with Gasteiger partial charge in [0.25, 0.3) is 0 Å². The molecule has 1 saturated heterocycles. The van der Waals surface area contributed by atoms with Crippen molar-refractivity contribution in [2.45, 2.75) is 19.1 Å². The molecular formula is C21H22N2O5. The summed E-state index contributed by atoms with van der Waals surface area (Å²) in [5, 5.41) is 0. The van der Waals surface area contributed by atoms with Crippen LogP contribution in [0.25, 0.3) is 11.0 Å². The van der Waals surface area contributed by atoms with Crippen LogP contribution in [-0.2, 0) is 23.1 Å². The summed E-state index contributed by atoms with van der Waals surface area (Å²) < 4.78 is 23.9. The molecule has 4 rings (SSSR count). The summed E-state index contributed by atoms with van der Waals surface area (Å²) in [4.78, 5) is 16.3. The van der Waals surface area contributed by atoms with E-state index in [1.165, 1.54) is 7.11 Å². The van der Waals surface area contributed by atoms with Crippen molar-refractivity contribution in [1.82, 2.24) is 9.55 Å². The minimum atomic E-state index is -0.395. The number of benzene rings is 2. The number of hydrogen-bond acceptors (Lipinski definition) is 6. The number of carbonyl (C=O) groups excluding carboxylic acids is 1. The van der Waals surface area contributed by atoms with Crippen molar-refractivity contribution < 1.29 is 23.7 Å². The highest BCUT2D eigenvalue weighted by molar-refractivity contribution is 5.89. The van der Waals surface area contributed by atoms with Crippen LogP contribution in [-0.4, -0.2) is 41.9 Å². The first-order chi connectivity index (χ1) is 13.6. The van der Waals surface area contributed by atoms with Gasteiger partial charge in [0.2, 0.25) is 0 Å². The number of imidazole rings is 1. The summed E-state index contributed by atoms with van der Waals surface area (Å²) in [7, 11) is 3.30. The summed E-state index contributed by atoms with van der Waals surface area (Å²) in [5.41, 5.74) is 2.29. The largest absolute Gasteiger partial charge is 0.488 e. The van der Waals surface area contributed by atoms with Gasteiger partial charge in [-0.1, -0.05) is 6.07 Å². The van der Waals surface area contributed by atoms with Crippen LogP contribution in [0.4, 0.5) is 0 Å². The van der Waals surface area contributed by atoms with Crippen molar-refractivity contribution in [3.05, 3.63) is 53.9 Å². The third kappa shape index (κ3) is 3.80. The van der Waals surface area contributed by atoms with Gasteiger partial charge in [0.05, 0.1) is 36.9 Å². The van der Waals surface area contributed by atoms with E-state index >= 15 is 0 Å². The molecule has 0 spiro atoms. The van der Waals surface area contributed by atoms with E-state index in [0.29, 0.717) is 17.9 Å². The second-order valence-electron chi connectivity index (χ2n) is 6.65. The lowest BCUT2D eigenvalue weighted by Gasteiger charge is -2.11. The molecule has 0 aliphatic carbocycles. The van der Waals surface area contributed by atoms with Crippen molar-refractivity contribution in [2.75, 3.05) is 20.3 Å². The first kappa shape index (κ1) is 18.3. The molecule has 1 unspecified atom stereocenters. The number of rotatable bonds is 6. The van der Waals surface area contributed by atoms with E-state index in [2.05, 4.69) is 4.98 Å². The van der Waals surface area contributed by atoms with E-state index in [4.69, 9.17) is 18.9 Å². The quantitative estimate of drug-likeness (QED) is 0.610. The number of fused-ring (bicyclic) bond motifs is 1. The van der Waals surface area contributed by atoms with Gasteiger partial charge in [-0.2, -0.15) is 0 Å². The van der Waals surface area contributed by atoms with E-state index in [1.54, 1.807) is 24.3 Å². The van der Waals surface area contributed by atoms with E-state index in [1.807, 2.05) is 29.8 Å². The molecule has 28 heavy (non-hydrogen) atoms. The Morgan fingerprint density at radius 2 is 2.14 bits per heavy atom. The van der Waals surface area contributed by atoms with Crippen LogP contribution >= 0.6 is 0 Å². The van der Waals surface area contributed by atoms with Crippen LogP contribution in [0.15, 0.2) is 42.5 Å². The lowest BCUT2D eigenvalue weighted by molar-refractivity contribution is 0.0600. The summed E-state index contributed by atoms with van der Waals surface area (Å²) in [6.07, 6.45) is 1.02. The molecule has 1 atom stereocenters. The van der Waals surface area contributed by atoms with E-state index in [0.717, 1.165) is 35.6 Å². The van der Waals surface area contributed by atoms with Crippen LogP contribution in [0.2, 0.25) is 0 Å². The maximum atomic E-state index is 11.7. The molecule has 2 heterocycles. The average molecular weight is 382 g/mol. The Morgan fingerprint density at radius 1 is 1.25 bits per heavy atom. The fourth-order valence-electron chi connectivity index (χ4n) is 3.20. The van der Waals surface area contributed by atoms with E-state index in [-0.39, 0.29) is 12.7 Å². The average Bonchev–Trinajstić information content (AvgIpc) is 3.34. The Bertz CT molecular complexity index is 992. The highest BCUT2D eigenvalue weighted by Crippen LogP contribution is 2.24. The third-order valence-corrected chi connectivity index (χ3v) is 4.76. The summed E-state index contributed by atoms with van der Waals surface area (Å²) in [5.74, 6) is 1.78. The zero-order chi connectivity index (χ0) is 19.5. The molecule has 3 aromatic rings. The second kappa shape index (κ2) is 7.90. The number of nitrogens with zero attached hydrogens (tertiary/aromatic N) is 2. The van der Waals surface area contributed by atoms with Crippen LogP contribution in [0.3, 0.4) is 0 Å². The normalized spacial score (nSPS) is 16.3. The summed E-state index contributed by atoms with van der Waals surface area (Å²) >= 11 is 0. The number of esters is 1. The maximum Gasteiger partial charge on any atom is 0.337 e. The molecule has 146 valence electrons. The highest BCUT2D eigenvalue weighted by Gasteiger charge is 2.18. The molecule has 0 saturated carbocycles. The van der Waals surface area contributed by atoms with Crippen molar-refractivity contribution in [2.24, 2.45) is 7.05 Å². The van der Waals surface area contributed by atoms with Gasteiger partial charge in [0, 0.05) is 19.5 Å². The van der Waals surface area contributed by atoms with Gasteiger partial charge in [-0.15, -0.1) is 0 Å². The molecule has 0 bridgehead atoms. The zero-order valence-corrected chi connectivity index (χ0v) is 15.9. The molecule has 1 aliphatic rings. The smallest absolute Gasteiger partial charge is 0.337 e. The van der Waals surface area contributed by atoms with Gasteiger partial charge >= 0.3 is 5.97 Å². The molecule has 1 aliphatic heterocycles. The van der Waals surface area contributed by atoms with Gasteiger partial charge in [-0.25, -0.2) is 9.78 Å². The van der Waals surface area contributed by atoms with Crippen LogP contribution in [0.1, 0.15) is 22.6 Å². The Kier molecular flexibility index (Phi) is 5.16. The lowest BCUT2D eigenvalue weighted by Crippen LogP contribution is -2.15. The Balaban J connectivity index is 1.49. The predicted molar refractivity (Wildman–Crippen MR) is 103 cm³/mol. The standard InChI is InChI=1S/C21H22N2O5/c1-23-19-11-16(28-17-8-9-26-12-17)6-7-18(19)22-20(23)13-27-15-5-3-4-14(10-15)21(24)25-2/h3-7,10-11,17H,8-9,12-13H2,1-2H3. The van der Waals surface area contributed by atoms with E-state index < -0.39 is 5.97 Å². The van der Waals surface area contributed by atoms with Gasteiger partial charge in [-0.3, -0.25) is 0 Å². The fourth-order valence-corrected chi connectivity index (χ4v) is 3.20. The number of methoxy groups -OCH3 is 1. The second-order valence-corrected chi connectivity index (χ2v) is 6.65. The Hall–Kier alpha value is -3.06. The molecule has 7 nitrogen and oxygen atoms in total. The topological polar surface area (TPSA) is 71.8 Å². The summed E-state index contributed by atoms with van der Waals surface area (Å²) in [6.45, 7) is 1.66. The first-order valence-corrected chi connectivity index (χ1v) is 9.15. The number of ether oxygens (including phenoxy) is 4. The number of carbonyl (C=O) groups is 1. The van der Waals surface area contributed by atoms with Gasteiger partial charge in [0.1, 0.15) is 30.0 Å². The summed E-state index contributed by atoms with van der Waals surface area (Å²) in [6, 6.07) is 12.8. The monoisotopic (exact) mass is 382 g/mol. The van der Waals surface area contributed by atoms with Crippen molar-refractivity contribution in [3.63, 3.8) is 0 Å². The maximum absolute atomic E-state index is 11.7. The minimum absolute atomic E-state index is 0.107. The molecule has 1 fully saturated rings. The minimum Gasteiger partial charge on any atom is -0.488 e. The Morgan fingerprint density at radius 3 is 2.93 bits per heavy atom. The zero-order valence-electron chi connectivity index (χ0n) is 15.9. The van der Waals surface area contributed by atoms with E-state index in [9.17, 15) is 4.79 Å². The van der Waals surface area contributed by atoms with Crippen LogP contribution < -0.4 is 9.47 Å². The number of aryl methyl sites for hydroxylation is 1. The van der Waals surface area contributed by atoms with Gasteiger partial charge < -0.3 is 23.5 Å². The molecule has 1 aromatic heterocycles.